The summed E-state index contributed by atoms with van der Waals surface area (Å²) in [6.07, 6.45) is 1.42. The first kappa shape index (κ1) is 19.2. The average molecular weight is 374 g/mol. The zero-order valence-corrected chi connectivity index (χ0v) is 15.6. The number of nitrogens with zero attached hydrogens (tertiary/aromatic N) is 3. The van der Waals surface area contributed by atoms with Crippen LogP contribution in [-0.2, 0) is 11.2 Å². The van der Waals surface area contributed by atoms with Crippen LogP contribution in [0.4, 0.5) is 20.4 Å². The number of piperidine rings is 1. The van der Waals surface area contributed by atoms with Crippen molar-refractivity contribution < 1.29 is 13.6 Å². The van der Waals surface area contributed by atoms with Crippen LogP contribution in [0.25, 0.3) is 0 Å². The van der Waals surface area contributed by atoms with Gasteiger partial charge >= 0.3 is 0 Å². The monoisotopic (exact) mass is 374 g/mol. The number of aryl methyl sites for hydroxylation is 1. The third kappa shape index (κ3) is 4.78. The van der Waals surface area contributed by atoms with Crippen molar-refractivity contribution in [1.82, 2.24) is 14.9 Å². The molecule has 1 N–H and O–H groups in total. The van der Waals surface area contributed by atoms with Crippen LogP contribution in [0.1, 0.15) is 55.9 Å². The fourth-order valence-corrected chi connectivity index (χ4v) is 3.40. The third-order valence-electron chi connectivity index (χ3n) is 4.97. The molecule has 5 nitrogen and oxygen atoms in total. The molecular formula is C20H24F2N4O. The molecule has 3 heterocycles. The molecule has 0 spiro atoms. The van der Waals surface area contributed by atoms with Crippen LogP contribution < -0.4 is 5.32 Å². The number of carbonyl (C=O) groups excluding carboxylic acids is 1. The highest BCUT2D eigenvalue weighted by Gasteiger charge is 2.23. The predicted octanol–water partition coefficient (Wildman–Crippen LogP) is 4.45. The molecule has 1 fully saturated rings. The average Bonchev–Trinajstić information content (AvgIpc) is 2.68. The first-order chi connectivity index (χ1) is 13.0. The van der Waals surface area contributed by atoms with Crippen molar-refractivity contribution >= 4 is 17.5 Å². The molecule has 0 radical (unpaired) electrons. The van der Waals surface area contributed by atoms with Crippen molar-refractivity contribution in [3.8, 4) is 0 Å². The third-order valence-corrected chi connectivity index (χ3v) is 4.97. The molecule has 7 heteroatoms. The summed E-state index contributed by atoms with van der Waals surface area (Å²) >= 11 is 0. The Morgan fingerprint density at radius 2 is 2.00 bits per heavy atom. The lowest BCUT2D eigenvalue weighted by molar-refractivity contribution is -0.129. The van der Waals surface area contributed by atoms with Crippen molar-refractivity contribution in [1.29, 1.82) is 0 Å². The lowest BCUT2D eigenvalue weighted by Crippen LogP contribution is -2.36. The second-order valence-corrected chi connectivity index (χ2v) is 6.81. The number of aromatic nitrogens is 2. The second kappa shape index (κ2) is 8.41. The van der Waals surface area contributed by atoms with Crippen LogP contribution in [-0.4, -0.2) is 33.9 Å². The summed E-state index contributed by atoms with van der Waals surface area (Å²) in [6.45, 7) is 5.14. The summed E-state index contributed by atoms with van der Waals surface area (Å²) in [4.78, 5) is 22.1. The molecule has 0 bridgehead atoms. The van der Waals surface area contributed by atoms with E-state index in [1.54, 1.807) is 6.92 Å². The van der Waals surface area contributed by atoms with E-state index in [0.29, 0.717) is 17.6 Å². The Balaban J connectivity index is 1.80. The fraction of sp³-hybridized carbons (Fsp3) is 0.450. The Morgan fingerprint density at radius 1 is 1.26 bits per heavy atom. The summed E-state index contributed by atoms with van der Waals surface area (Å²) < 4.78 is 25.8. The molecule has 1 amide bonds. The molecule has 27 heavy (non-hydrogen) atoms. The molecule has 144 valence electrons. The molecule has 0 unspecified atom stereocenters. The smallest absolute Gasteiger partial charge is 0.264 e. The number of carbonyl (C=O) groups is 1. The standard InChI is InChI=1S/C20H24F2N4O/c1-3-17-10-16(14-5-8-26(9-6-14)13(2)27)12-19(24-17)25-18-11-15(20(21)22)4-7-23-18/h4,7,10-12,14,20H,3,5-6,8-9H2,1-2H3,(H,23,24,25). The van der Waals surface area contributed by atoms with E-state index in [4.69, 9.17) is 0 Å². The van der Waals surface area contributed by atoms with Crippen LogP contribution >= 0.6 is 0 Å². The number of rotatable bonds is 5. The Kier molecular flexibility index (Phi) is 5.98. The van der Waals surface area contributed by atoms with Gasteiger partial charge in [0.1, 0.15) is 11.6 Å². The number of likely N-dealkylation sites (tertiary alicyclic amines) is 1. The van der Waals surface area contributed by atoms with E-state index in [2.05, 4.69) is 21.4 Å². The van der Waals surface area contributed by atoms with Crippen molar-refractivity contribution in [2.45, 2.75) is 45.5 Å². The Hall–Kier alpha value is -2.57. The number of hydrogen-bond acceptors (Lipinski definition) is 4. The quantitative estimate of drug-likeness (QED) is 0.840. The number of anilines is 2. The molecular weight excluding hydrogens is 350 g/mol. The van der Waals surface area contributed by atoms with Gasteiger partial charge in [0.05, 0.1) is 0 Å². The predicted molar refractivity (Wildman–Crippen MR) is 100 cm³/mol. The van der Waals surface area contributed by atoms with Crippen molar-refractivity contribution in [3.63, 3.8) is 0 Å². The van der Waals surface area contributed by atoms with Gasteiger partial charge in [-0.3, -0.25) is 4.79 Å². The van der Waals surface area contributed by atoms with Gasteiger partial charge in [-0.25, -0.2) is 18.7 Å². The van der Waals surface area contributed by atoms with E-state index in [1.165, 1.54) is 18.3 Å². The van der Waals surface area contributed by atoms with Crippen LogP contribution in [0.2, 0.25) is 0 Å². The van der Waals surface area contributed by atoms with Gasteiger partial charge in [0.15, 0.2) is 0 Å². The van der Waals surface area contributed by atoms with Gasteiger partial charge in [-0.2, -0.15) is 0 Å². The summed E-state index contributed by atoms with van der Waals surface area (Å²) in [7, 11) is 0. The van der Waals surface area contributed by atoms with Crippen LogP contribution in [0, 0.1) is 0 Å². The number of alkyl halides is 2. The second-order valence-electron chi connectivity index (χ2n) is 6.81. The lowest BCUT2D eigenvalue weighted by Gasteiger charge is -2.31. The number of halogens is 2. The van der Waals surface area contributed by atoms with E-state index in [-0.39, 0.29) is 11.5 Å². The zero-order chi connectivity index (χ0) is 19.4. The molecule has 1 saturated heterocycles. The van der Waals surface area contributed by atoms with Gasteiger partial charge in [-0.15, -0.1) is 0 Å². The van der Waals surface area contributed by atoms with E-state index >= 15 is 0 Å². The molecule has 2 aromatic rings. The number of pyridine rings is 2. The Bertz CT molecular complexity index is 804. The van der Waals surface area contributed by atoms with Crippen LogP contribution in [0.5, 0.6) is 0 Å². The lowest BCUT2D eigenvalue weighted by atomic mass is 9.89. The number of hydrogen-bond donors (Lipinski definition) is 1. The molecule has 0 aliphatic carbocycles. The van der Waals surface area contributed by atoms with Crippen LogP contribution in [0.15, 0.2) is 30.5 Å². The molecule has 0 aromatic carbocycles. The highest BCUT2D eigenvalue weighted by Crippen LogP contribution is 2.31. The van der Waals surface area contributed by atoms with Crippen molar-refractivity contribution in [2.75, 3.05) is 18.4 Å². The summed E-state index contributed by atoms with van der Waals surface area (Å²) in [5.74, 6) is 1.43. The summed E-state index contributed by atoms with van der Waals surface area (Å²) in [5.41, 5.74) is 2.03. The first-order valence-corrected chi connectivity index (χ1v) is 9.23. The van der Waals surface area contributed by atoms with Gasteiger partial charge in [0.25, 0.3) is 6.43 Å². The SMILES string of the molecule is CCc1cc(C2CCN(C(C)=O)CC2)cc(Nc2cc(C(F)F)ccn2)n1. The molecule has 2 aromatic heterocycles. The zero-order valence-electron chi connectivity index (χ0n) is 15.6. The molecule has 0 atom stereocenters. The summed E-state index contributed by atoms with van der Waals surface area (Å²) in [5, 5.41) is 3.06. The van der Waals surface area contributed by atoms with Crippen molar-refractivity contribution in [3.05, 3.63) is 47.3 Å². The number of amides is 1. The minimum absolute atomic E-state index is 0.0732. The summed E-state index contributed by atoms with van der Waals surface area (Å²) in [6, 6.07) is 6.71. The highest BCUT2D eigenvalue weighted by molar-refractivity contribution is 5.73. The van der Waals surface area contributed by atoms with Gasteiger partial charge in [-0.1, -0.05) is 6.92 Å². The van der Waals surface area contributed by atoms with E-state index in [9.17, 15) is 13.6 Å². The minimum Gasteiger partial charge on any atom is -0.343 e. The van der Waals surface area contributed by atoms with E-state index in [0.717, 1.165) is 43.6 Å². The Morgan fingerprint density at radius 3 is 2.63 bits per heavy atom. The normalized spacial score (nSPS) is 15.2. The highest BCUT2D eigenvalue weighted by atomic mass is 19.3. The number of nitrogens with one attached hydrogen (secondary N) is 1. The van der Waals surface area contributed by atoms with Gasteiger partial charge in [0.2, 0.25) is 5.91 Å². The topological polar surface area (TPSA) is 58.1 Å². The maximum absolute atomic E-state index is 12.9. The fourth-order valence-electron chi connectivity index (χ4n) is 3.40. The molecule has 0 saturated carbocycles. The van der Waals surface area contributed by atoms with Gasteiger partial charge < -0.3 is 10.2 Å². The van der Waals surface area contributed by atoms with Crippen LogP contribution in [0.3, 0.4) is 0 Å². The first-order valence-electron chi connectivity index (χ1n) is 9.23. The molecule has 1 aliphatic rings. The van der Waals surface area contributed by atoms with E-state index in [1.807, 2.05) is 17.9 Å². The Labute approximate surface area is 157 Å². The van der Waals surface area contributed by atoms with Gasteiger partial charge in [-0.05, 0) is 55.0 Å². The maximum atomic E-state index is 12.9. The van der Waals surface area contributed by atoms with E-state index < -0.39 is 6.43 Å². The molecule has 3 rings (SSSR count). The maximum Gasteiger partial charge on any atom is 0.264 e. The van der Waals surface area contributed by atoms with Crippen molar-refractivity contribution in [2.24, 2.45) is 0 Å². The van der Waals surface area contributed by atoms with Gasteiger partial charge in [0, 0.05) is 37.5 Å². The minimum atomic E-state index is -2.54. The molecule has 1 aliphatic heterocycles. The largest absolute Gasteiger partial charge is 0.343 e.